The van der Waals surface area contributed by atoms with E-state index in [1.54, 1.807) is 35.8 Å². The summed E-state index contributed by atoms with van der Waals surface area (Å²) in [6.45, 7) is 2.00. The number of rotatable bonds is 4. The zero-order valence-electron chi connectivity index (χ0n) is 10.7. The number of methoxy groups -OCH3 is 1. The number of aryl methyl sites for hydroxylation is 1. The van der Waals surface area contributed by atoms with Crippen LogP contribution >= 0.6 is 11.3 Å². The molecule has 1 amide bonds. The van der Waals surface area contributed by atoms with Gasteiger partial charge in [0.15, 0.2) is 0 Å². The van der Waals surface area contributed by atoms with Crippen LogP contribution in [0.25, 0.3) is 0 Å². The van der Waals surface area contributed by atoms with E-state index in [2.05, 4.69) is 10.5 Å². The number of ether oxygens (including phenoxy) is 1. The number of hydrogen-bond donors (Lipinski definition) is 1. The molecule has 0 aliphatic carbocycles. The van der Waals surface area contributed by atoms with Crippen molar-refractivity contribution in [1.82, 2.24) is 5.43 Å². The van der Waals surface area contributed by atoms with Crippen LogP contribution in [0, 0.1) is 6.92 Å². The number of para-hydroxylation sites is 1. The Morgan fingerprint density at radius 3 is 2.84 bits per heavy atom. The molecule has 1 heterocycles. The molecule has 0 saturated heterocycles. The Morgan fingerprint density at radius 2 is 2.16 bits per heavy atom. The molecule has 1 aromatic carbocycles. The smallest absolute Gasteiger partial charge is 0.275 e. The predicted molar refractivity (Wildman–Crippen MR) is 77.1 cm³/mol. The molecule has 0 atom stereocenters. The average Bonchev–Trinajstić information content (AvgIpc) is 2.84. The van der Waals surface area contributed by atoms with E-state index in [-0.39, 0.29) is 5.91 Å². The Balaban J connectivity index is 2.06. The quantitative estimate of drug-likeness (QED) is 0.688. The van der Waals surface area contributed by atoms with E-state index >= 15 is 0 Å². The highest BCUT2D eigenvalue weighted by molar-refractivity contribution is 7.11. The maximum absolute atomic E-state index is 11.9. The van der Waals surface area contributed by atoms with Crippen LogP contribution in [0.5, 0.6) is 5.75 Å². The number of nitrogens with zero attached hydrogens (tertiary/aromatic N) is 1. The minimum absolute atomic E-state index is 0.289. The Hall–Kier alpha value is -2.14. The van der Waals surface area contributed by atoms with Crippen LogP contribution in [0.15, 0.2) is 40.8 Å². The van der Waals surface area contributed by atoms with E-state index in [0.29, 0.717) is 11.3 Å². The molecule has 0 bridgehead atoms. The lowest BCUT2D eigenvalue weighted by Gasteiger charge is -2.05. The van der Waals surface area contributed by atoms with Crippen LogP contribution in [0.3, 0.4) is 0 Å². The Labute approximate surface area is 115 Å². The molecule has 0 saturated carbocycles. The normalized spacial score (nSPS) is 10.6. The first-order chi connectivity index (χ1) is 9.22. The van der Waals surface area contributed by atoms with Gasteiger partial charge >= 0.3 is 0 Å². The Kier molecular flexibility index (Phi) is 4.30. The van der Waals surface area contributed by atoms with E-state index in [1.165, 1.54) is 7.11 Å². The van der Waals surface area contributed by atoms with Gasteiger partial charge in [0.1, 0.15) is 5.75 Å². The second-order valence-corrected chi connectivity index (χ2v) is 4.81. The van der Waals surface area contributed by atoms with Crippen molar-refractivity contribution in [2.45, 2.75) is 6.92 Å². The molecule has 1 N–H and O–H groups in total. The van der Waals surface area contributed by atoms with Crippen molar-refractivity contribution in [1.29, 1.82) is 0 Å². The summed E-state index contributed by atoms with van der Waals surface area (Å²) in [5.41, 5.74) is 4.10. The largest absolute Gasteiger partial charge is 0.496 e. The molecule has 2 aromatic rings. The first-order valence-corrected chi connectivity index (χ1v) is 6.61. The van der Waals surface area contributed by atoms with Gasteiger partial charge in [0, 0.05) is 4.88 Å². The molecule has 0 fully saturated rings. The van der Waals surface area contributed by atoms with E-state index in [9.17, 15) is 4.79 Å². The minimum Gasteiger partial charge on any atom is -0.496 e. The third kappa shape index (κ3) is 3.20. The second kappa shape index (κ2) is 6.15. The lowest BCUT2D eigenvalue weighted by Crippen LogP contribution is -2.18. The van der Waals surface area contributed by atoms with Gasteiger partial charge in [0.2, 0.25) is 0 Å². The second-order valence-electron chi connectivity index (χ2n) is 3.87. The maximum Gasteiger partial charge on any atom is 0.275 e. The summed E-state index contributed by atoms with van der Waals surface area (Å²) < 4.78 is 5.13. The van der Waals surface area contributed by atoms with Gasteiger partial charge in [-0.05, 0) is 36.1 Å². The van der Waals surface area contributed by atoms with Gasteiger partial charge in [-0.2, -0.15) is 5.10 Å². The Bertz CT molecular complexity index is 605. The summed E-state index contributed by atoms with van der Waals surface area (Å²) in [4.78, 5) is 13.0. The topological polar surface area (TPSA) is 50.7 Å². The van der Waals surface area contributed by atoms with Crippen LogP contribution in [0.1, 0.15) is 20.8 Å². The maximum atomic E-state index is 11.9. The van der Waals surface area contributed by atoms with Crippen LogP contribution in [0.2, 0.25) is 0 Å². The van der Waals surface area contributed by atoms with Gasteiger partial charge in [0.05, 0.1) is 18.9 Å². The molecule has 1 aromatic heterocycles. The van der Waals surface area contributed by atoms with Crippen LogP contribution in [-0.4, -0.2) is 19.2 Å². The molecule has 0 spiro atoms. The lowest BCUT2D eigenvalue weighted by molar-refractivity contribution is 0.0952. The summed E-state index contributed by atoms with van der Waals surface area (Å²) in [6.07, 6.45) is 1.65. The van der Waals surface area contributed by atoms with Crippen molar-refractivity contribution in [2.75, 3.05) is 7.11 Å². The highest BCUT2D eigenvalue weighted by Gasteiger charge is 2.09. The highest BCUT2D eigenvalue weighted by Crippen LogP contribution is 2.17. The molecular formula is C14H14N2O2S. The van der Waals surface area contributed by atoms with Crippen molar-refractivity contribution in [2.24, 2.45) is 5.10 Å². The number of thiophene rings is 1. The molecule has 98 valence electrons. The van der Waals surface area contributed by atoms with Crippen molar-refractivity contribution in [3.05, 3.63) is 51.7 Å². The van der Waals surface area contributed by atoms with Crippen molar-refractivity contribution in [3.63, 3.8) is 0 Å². The number of amides is 1. The van der Waals surface area contributed by atoms with E-state index in [0.717, 1.165) is 10.4 Å². The van der Waals surface area contributed by atoms with Crippen molar-refractivity contribution in [3.8, 4) is 5.75 Å². The number of hydrogen-bond acceptors (Lipinski definition) is 4. The monoisotopic (exact) mass is 274 g/mol. The van der Waals surface area contributed by atoms with Gasteiger partial charge < -0.3 is 4.74 Å². The molecular weight excluding hydrogens is 260 g/mol. The van der Waals surface area contributed by atoms with E-state index < -0.39 is 0 Å². The first kappa shape index (κ1) is 13.3. The molecule has 19 heavy (non-hydrogen) atoms. The van der Waals surface area contributed by atoms with E-state index in [4.69, 9.17) is 4.74 Å². The van der Waals surface area contributed by atoms with Gasteiger partial charge in [0.25, 0.3) is 5.91 Å². The van der Waals surface area contributed by atoms with Gasteiger partial charge in [-0.15, -0.1) is 11.3 Å². The average molecular weight is 274 g/mol. The third-order valence-electron chi connectivity index (χ3n) is 2.60. The molecule has 0 aliphatic heterocycles. The molecule has 0 unspecified atom stereocenters. The highest BCUT2D eigenvalue weighted by atomic mass is 32.1. The number of hydrazone groups is 1. The number of carbonyl (C=O) groups excluding carboxylic acids is 1. The van der Waals surface area contributed by atoms with Gasteiger partial charge in [-0.3, -0.25) is 4.79 Å². The Morgan fingerprint density at radius 1 is 1.37 bits per heavy atom. The summed E-state index contributed by atoms with van der Waals surface area (Å²) in [7, 11) is 1.53. The van der Waals surface area contributed by atoms with E-state index in [1.807, 2.05) is 24.4 Å². The molecule has 0 aliphatic rings. The summed E-state index contributed by atoms with van der Waals surface area (Å²) >= 11 is 1.58. The third-order valence-corrected chi connectivity index (χ3v) is 3.55. The SMILES string of the molecule is COc1ccccc1C(=O)N/N=C\c1sccc1C. The van der Waals surface area contributed by atoms with Crippen molar-refractivity contribution < 1.29 is 9.53 Å². The van der Waals surface area contributed by atoms with Gasteiger partial charge in [-0.25, -0.2) is 5.43 Å². The molecule has 4 nitrogen and oxygen atoms in total. The fourth-order valence-corrected chi connectivity index (χ4v) is 2.34. The standard InChI is InChI=1S/C14H14N2O2S/c1-10-7-8-19-13(10)9-15-16-14(17)11-5-3-4-6-12(11)18-2/h3-9H,1-2H3,(H,16,17)/b15-9-. The lowest BCUT2D eigenvalue weighted by atomic mass is 10.2. The predicted octanol–water partition coefficient (Wildman–Crippen LogP) is 2.83. The molecule has 5 heteroatoms. The van der Waals surface area contributed by atoms with Crippen LogP contribution in [-0.2, 0) is 0 Å². The number of carbonyl (C=O) groups is 1. The summed E-state index contributed by atoms with van der Waals surface area (Å²) in [5, 5.41) is 5.94. The van der Waals surface area contributed by atoms with Crippen LogP contribution < -0.4 is 10.2 Å². The summed E-state index contributed by atoms with van der Waals surface area (Å²) in [5.74, 6) is 0.241. The van der Waals surface area contributed by atoms with Crippen molar-refractivity contribution >= 4 is 23.5 Å². The zero-order valence-corrected chi connectivity index (χ0v) is 11.5. The summed E-state index contributed by atoms with van der Waals surface area (Å²) in [6, 6.07) is 9.04. The zero-order chi connectivity index (χ0) is 13.7. The van der Waals surface area contributed by atoms with Crippen LogP contribution in [0.4, 0.5) is 0 Å². The van der Waals surface area contributed by atoms with Gasteiger partial charge in [-0.1, -0.05) is 12.1 Å². The number of nitrogens with one attached hydrogen (secondary N) is 1. The molecule has 2 rings (SSSR count). The minimum atomic E-state index is -0.289. The fourth-order valence-electron chi connectivity index (χ4n) is 1.56. The molecule has 0 radical (unpaired) electrons. The first-order valence-electron chi connectivity index (χ1n) is 5.73. The number of benzene rings is 1. The fraction of sp³-hybridized carbons (Fsp3) is 0.143.